The van der Waals surface area contributed by atoms with Crippen LogP contribution in [0.25, 0.3) is 0 Å². The van der Waals surface area contributed by atoms with Crippen molar-refractivity contribution in [2.75, 3.05) is 0 Å². The number of nitrogens with one attached hydrogen (secondary N) is 2. The Morgan fingerprint density at radius 3 is 2.31 bits per heavy atom. The molecule has 94 valence electrons. The van der Waals surface area contributed by atoms with Crippen molar-refractivity contribution >= 4 is 5.91 Å². The second kappa shape index (κ2) is 6.24. The lowest BCUT2D eigenvalue weighted by Crippen LogP contribution is -2.49. The highest BCUT2D eigenvalue weighted by molar-refractivity contribution is 5.81. The van der Waals surface area contributed by atoms with Crippen molar-refractivity contribution in [1.82, 2.24) is 10.6 Å². The number of hydrogen-bond donors (Lipinski definition) is 2. The molecule has 2 N–H and O–H groups in total. The molecule has 0 heterocycles. The van der Waals surface area contributed by atoms with Gasteiger partial charge in [0, 0.05) is 12.1 Å². The van der Waals surface area contributed by atoms with Crippen molar-refractivity contribution in [2.24, 2.45) is 5.92 Å². The van der Waals surface area contributed by atoms with Crippen LogP contribution >= 0.6 is 0 Å². The highest BCUT2D eigenvalue weighted by Gasteiger charge is 2.31. The van der Waals surface area contributed by atoms with Crippen LogP contribution in [0.4, 0.5) is 0 Å². The van der Waals surface area contributed by atoms with E-state index in [1.165, 1.54) is 12.8 Å². The summed E-state index contributed by atoms with van der Waals surface area (Å²) in [5, 5.41) is 6.46. The van der Waals surface area contributed by atoms with E-state index in [4.69, 9.17) is 0 Å². The molecule has 1 rings (SSSR count). The molecule has 0 aromatic carbocycles. The zero-order chi connectivity index (χ0) is 12.1. The lowest BCUT2D eigenvalue weighted by molar-refractivity contribution is -0.123. The fourth-order valence-corrected chi connectivity index (χ4v) is 1.95. The normalized spacial score (nSPS) is 21.2. The molecule has 1 aliphatic rings. The lowest BCUT2D eigenvalue weighted by atomic mass is 10.1. The summed E-state index contributed by atoms with van der Waals surface area (Å²) in [5.74, 6) is 0.942. The fraction of sp³-hybridized carbons (Fsp3) is 0.923. The molecule has 1 amide bonds. The molecule has 0 saturated heterocycles. The fourth-order valence-electron chi connectivity index (χ4n) is 1.95. The van der Waals surface area contributed by atoms with Crippen LogP contribution in [0.5, 0.6) is 0 Å². The van der Waals surface area contributed by atoms with Crippen molar-refractivity contribution in [1.29, 1.82) is 0 Å². The van der Waals surface area contributed by atoms with Gasteiger partial charge < -0.3 is 10.6 Å². The minimum atomic E-state index is -0.0699. The van der Waals surface area contributed by atoms with Gasteiger partial charge in [0.05, 0.1) is 6.04 Å². The second-order valence-electron chi connectivity index (χ2n) is 5.06. The maximum atomic E-state index is 11.8. The Bertz CT molecular complexity index is 226. The third-order valence-electron chi connectivity index (χ3n) is 3.49. The van der Waals surface area contributed by atoms with Gasteiger partial charge in [-0.3, -0.25) is 4.79 Å². The average Bonchev–Trinajstić information content (AvgIpc) is 3.08. The van der Waals surface area contributed by atoms with Crippen molar-refractivity contribution in [3.63, 3.8) is 0 Å². The van der Waals surface area contributed by atoms with Gasteiger partial charge >= 0.3 is 0 Å². The molecule has 0 spiro atoms. The topological polar surface area (TPSA) is 41.1 Å². The van der Waals surface area contributed by atoms with E-state index in [2.05, 4.69) is 24.5 Å². The van der Waals surface area contributed by atoms with Crippen LogP contribution in [0.15, 0.2) is 0 Å². The van der Waals surface area contributed by atoms with Gasteiger partial charge in [-0.2, -0.15) is 0 Å². The Hall–Kier alpha value is -0.570. The van der Waals surface area contributed by atoms with Gasteiger partial charge in [0.1, 0.15) is 0 Å². The summed E-state index contributed by atoms with van der Waals surface area (Å²) in [4.78, 5) is 11.8. The molecule has 3 unspecified atom stereocenters. The number of hydrogen-bond acceptors (Lipinski definition) is 2. The van der Waals surface area contributed by atoms with Gasteiger partial charge in [-0.05, 0) is 45.4 Å². The van der Waals surface area contributed by atoms with Gasteiger partial charge in [0.25, 0.3) is 0 Å². The van der Waals surface area contributed by atoms with Gasteiger partial charge in [0.15, 0.2) is 0 Å². The first-order valence-electron chi connectivity index (χ1n) is 6.64. The zero-order valence-corrected chi connectivity index (χ0v) is 11.0. The molecule has 0 bridgehead atoms. The number of carbonyl (C=O) groups excluding carboxylic acids is 1. The SMILES string of the molecule is CCC(C)NC(=O)C(C)NC(CC)C1CC1. The van der Waals surface area contributed by atoms with E-state index in [9.17, 15) is 4.79 Å². The predicted octanol–water partition coefficient (Wildman–Crippen LogP) is 2.07. The molecular formula is C13H26N2O. The third kappa shape index (κ3) is 4.12. The van der Waals surface area contributed by atoms with Crippen LogP contribution in [0.1, 0.15) is 53.4 Å². The molecule has 3 nitrogen and oxygen atoms in total. The second-order valence-corrected chi connectivity index (χ2v) is 5.06. The van der Waals surface area contributed by atoms with Crippen molar-refractivity contribution in [3.8, 4) is 0 Å². The van der Waals surface area contributed by atoms with E-state index in [1.807, 2.05) is 13.8 Å². The number of rotatable bonds is 7. The predicted molar refractivity (Wildman–Crippen MR) is 67.3 cm³/mol. The summed E-state index contributed by atoms with van der Waals surface area (Å²) in [6.45, 7) is 8.28. The number of amides is 1. The Balaban J connectivity index is 2.31. The van der Waals surface area contributed by atoms with E-state index in [0.29, 0.717) is 6.04 Å². The van der Waals surface area contributed by atoms with E-state index in [0.717, 1.165) is 18.8 Å². The summed E-state index contributed by atoms with van der Waals surface area (Å²) in [6, 6.07) is 0.731. The smallest absolute Gasteiger partial charge is 0.237 e. The monoisotopic (exact) mass is 226 g/mol. The molecule has 1 saturated carbocycles. The lowest BCUT2D eigenvalue weighted by Gasteiger charge is -2.23. The van der Waals surface area contributed by atoms with Crippen LogP contribution in [0.3, 0.4) is 0 Å². The zero-order valence-electron chi connectivity index (χ0n) is 11.0. The van der Waals surface area contributed by atoms with Gasteiger partial charge in [0.2, 0.25) is 5.91 Å². The summed E-state index contributed by atoms with van der Waals surface area (Å²) >= 11 is 0. The van der Waals surface area contributed by atoms with Gasteiger partial charge in [-0.1, -0.05) is 13.8 Å². The van der Waals surface area contributed by atoms with E-state index < -0.39 is 0 Å². The Morgan fingerprint density at radius 2 is 1.88 bits per heavy atom. The van der Waals surface area contributed by atoms with Crippen LogP contribution < -0.4 is 10.6 Å². The molecule has 0 aromatic heterocycles. The third-order valence-corrected chi connectivity index (χ3v) is 3.49. The van der Waals surface area contributed by atoms with Crippen LogP contribution in [0, 0.1) is 5.92 Å². The van der Waals surface area contributed by atoms with Crippen molar-refractivity contribution in [2.45, 2.75) is 71.5 Å². The number of carbonyl (C=O) groups is 1. The first-order valence-corrected chi connectivity index (χ1v) is 6.64. The molecule has 1 aliphatic carbocycles. The molecule has 1 fully saturated rings. The Labute approximate surface area is 99.4 Å². The van der Waals surface area contributed by atoms with Gasteiger partial charge in [-0.25, -0.2) is 0 Å². The maximum Gasteiger partial charge on any atom is 0.237 e. The summed E-state index contributed by atoms with van der Waals surface area (Å²) < 4.78 is 0. The largest absolute Gasteiger partial charge is 0.352 e. The minimum Gasteiger partial charge on any atom is -0.352 e. The van der Waals surface area contributed by atoms with Crippen LogP contribution in [-0.4, -0.2) is 24.0 Å². The van der Waals surface area contributed by atoms with E-state index >= 15 is 0 Å². The highest BCUT2D eigenvalue weighted by Crippen LogP contribution is 2.34. The summed E-state index contributed by atoms with van der Waals surface area (Å²) in [6.07, 6.45) is 4.75. The molecule has 3 heteroatoms. The van der Waals surface area contributed by atoms with Crippen LogP contribution in [-0.2, 0) is 4.79 Å². The Morgan fingerprint density at radius 1 is 1.25 bits per heavy atom. The Kier molecular flexibility index (Phi) is 5.26. The molecule has 3 atom stereocenters. The summed E-state index contributed by atoms with van der Waals surface area (Å²) in [5.41, 5.74) is 0. The van der Waals surface area contributed by atoms with E-state index in [-0.39, 0.29) is 18.0 Å². The van der Waals surface area contributed by atoms with E-state index in [1.54, 1.807) is 0 Å². The van der Waals surface area contributed by atoms with Crippen molar-refractivity contribution in [3.05, 3.63) is 0 Å². The first-order chi connectivity index (χ1) is 7.58. The standard InChI is InChI=1S/C13H26N2O/c1-5-9(3)14-13(16)10(4)15-12(6-2)11-7-8-11/h9-12,15H,5-8H2,1-4H3,(H,14,16). The van der Waals surface area contributed by atoms with Gasteiger partial charge in [-0.15, -0.1) is 0 Å². The molecular weight excluding hydrogens is 200 g/mol. The molecule has 0 aliphatic heterocycles. The van der Waals surface area contributed by atoms with Crippen molar-refractivity contribution < 1.29 is 4.79 Å². The highest BCUT2D eigenvalue weighted by atomic mass is 16.2. The summed E-state index contributed by atoms with van der Waals surface area (Å²) in [7, 11) is 0. The maximum absolute atomic E-state index is 11.8. The van der Waals surface area contributed by atoms with Crippen LogP contribution in [0.2, 0.25) is 0 Å². The quantitative estimate of drug-likeness (QED) is 0.698. The molecule has 16 heavy (non-hydrogen) atoms. The first kappa shape index (κ1) is 13.5. The minimum absolute atomic E-state index is 0.0699. The average molecular weight is 226 g/mol. The molecule has 0 radical (unpaired) electrons. The molecule has 0 aromatic rings.